The lowest BCUT2D eigenvalue weighted by Crippen LogP contribution is -2.09. The summed E-state index contributed by atoms with van der Waals surface area (Å²) < 4.78 is 58.0. The first kappa shape index (κ1) is 21.7. The Bertz CT molecular complexity index is 1050. The molecule has 0 aliphatic rings. The van der Waals surface area contributed by atoms with Crippen LogP contribution in [0.5, 0.6) is 11.5 Å². The van der Waals surface area contributed by atoms with Crippen LogP contribution in [0.1, 0.15) is 15.2 Å². The van der Waals surface area contributed by atoms with Gasteiger partial charge in [0.05, 0.1) is 12.2 Å². The smallest absolute Gasteiger partial charge is 0.345 e. The number of carbonyl (C=O) groups is 1. The van der Waals surface area contributed by atoms with Crippen molar-refractivity contribution in [1.82, 2.24) is 0 Å². The van der Waals surface area contributed by atoms with E-state index in [1.165, 1.54) is 36.8 Å². The number of carboxylic acids is 1. The number of ether oxygens (including phenoxy) is 3. The van der Waals surface area contributed by atoms with Gasteiger partial charge in [-0.25, -0.2) is 18.0 Å². The van der Waals surface area contributed by atoms with Crippen molar-refractivity contribution in [1.29, 1.82) is 0 Å². The monoisotopic (exact) mass is 438 g/mol. The van der Waals surface area contributed by atoms with E-state index in [0.717, 1.165) is 23.5 Å². The van der Waals surface area contributed by atoms with Crippen molar-refractivity contribution in [3.63, 3.8) is 0 Å². The summed E-state index contributed by atoms with van der Waals surface area (Å²) in [6.45, 7) is 0.0416. The Kier molecular flexibility index (Phi) is 6.96. The molecule has 0 saturated carbocycles. The Morgan fingerprint density at radius 1 is 1.03 bits per heavy atom. The van der Waals surface area contributed by atoms with Crippen molar-refractivity contribution in [3.05, 3.63) is 69.7 Å². The first-order valence-electron chi connectivity index (χ1n) is 8.74. The fourth-order valence-electron chi connectivity index (χ4n) is 2.64. The quantitative estimate of drug-likeness (QED) is 0.469. The maximum absolute atomic E-state index is 14.3. The number of benzene rings is 2. The number of hydrogen-bond donors (Lipinski definition) is 1. The minimum absolute atomic E-state index is 0.0652. The highest BCUT2D eigenvalue weighted by atomic mass is 32.1. The molecule has 0 fully saturated rings. The second kappa shape index (κ2) is 9.64. The zero-order valence-electron chi connectivity index (χ0n) is 15.8. The van der Waals surface area contributed by atoms with Gasteiger partial charge in [0.2, 0.25) is 0 Å². The van der Waals surface area contributed by atoms with Crippen LogP contribution in [0.25, 0.3) is 11.1 Å². The van der Waals surface area contributed by atoms with E-state index in [1.54, 1.807) is 0 Å². The normalized spacial score (nSPS) is 10.8. The van der Waals surface area contributed by atoms with Gasteiger partial charge in [0.1, 0.15) is 35.4 Å². The molecule has 0 bridgehead atoms. The van der Waals surface area contributed by atoms with Gasteiger partial charge in [0, 0.05) is 12.7 Å². The van der Waals surface area contributed by atoms with Gasteiger partial charge in [-0.2, -0.15) is 0 Å². The molecule has 5 nitrogen and oxygen atoms in total. The average molecular weight is 438 g/mol. The molecule has 0 radical (unpaired) electrons. The lowest BCUT2D eigenvalue weighted by molar-refractivity contribution is 0.0702. The summed E-state index contributed by atoms with van der Waals surface area (Å²) in [5.74, 6) is -3.53. The van der Waals surface area contributed by atoms with Crippen molar-refractivity contribution in [2.45, 2.75) is 6.61 Å². The topological polar surface area (TPSA) is 65.0 Å². The molecular weight excluding hydrogens is 421 g/mol. The molecule has 1 aromatic heterocycles. The maximum Gasteiger partial charge on any atom is 0.345 e. The number of halogens is 3. The van der Waals surface area contributed by atoms with Crippen LogP contribution in [0.15, 0.2) is 41.8 Å². The van der Waals surface area contributed by atoms with Crippen LogP contribution in [0.4, 0.5) is 13.2 Å². The van der Waals surface area contributed by atoms with Crippen LogP contribution in [0.2, 0.25) is 0 Å². The van der Waals surface area contributed by atoms with Crippen molar-refractivity contribution in [3.8, 4) is 22.6 Å². The lowest BCUT2D eigenvalue weighted by atomic mass is 10.1. The molecule has 0 unspecified atom stereocenters. The van der Waals surface area contributed by atoms with E-state index < -0.39 is 23.4 Å². The molecule has 0 aliphatic heterocycles. The number of thiophene rings is 1. The van der Waals surface area contributed by atoms with E-state index in [9.17, 15) is 18.0 Å². The minimum Gasteiger partial charge on any atom is -0.491 e. The fourth-order valence-corrected chi connectivity index (χ4v) is 3.38. The number of carboxylic acid groups (broad SMARTS) is 1. The molecule has 0 atom stereocenters. The first-order valence-corrected chi connectivity index (χ1v) is 9.61. The highest BCUT2D eigenvalue weighted by Gasteiger charge is 2.17. The van der Waals surface area contributed by atoms with Gasteiger partial charge >= 0.3 is 5.97 Å². The third-order valence-electron chi connectivity index (χ3n) is 4.14. The third-order valence-corrected chi connectivity index (χ3v) is 5.06. The molecule has 3 aromatic rings. The van der Waals surface area contributed by atoms with Crippen molar-refractivity contribution in [2.24, 2.45) is 0 Å². The van der Waals surface area contributed by atoms with Gasteiger partial charge in [-0.15, -0.1) is 11.3 Å². The van der Waals surface area contributed by atoms with Gasteiger partial charge in [-0.1, -0.05) is 0 Å². The standard InChI is InChI=1S/C21H17F3O5S/c1-27-6-7-28-18-5-4-17(23)20(24)15(18)10-29-13-2-3-16(22)14(9-13)12-8-19(21(25)26)30-11-12/h2-5,8-9,11H,6-7,10H2,1H3,(H,25,26). The fraction of sp³-hybridized carbons (Fsp3) is 0.190. The van der Waals surface area contributed by atoms with E-state index in [-0.39, 0.29) is 47.3 Å². The zero-order chi connectivity index (χ0) is 21.7. The van der Waals surface area contributed by atoms with Gasteiger partial charge < -0.3 is 19.3 Å². The zero-order valence-corrected chi connectivity index (χ0v) is 16.6. The van der Waals surface area contributed by atoms with E-state index in [1.807, 2.05) is 0 Å². The molecule has 3 rings (SSSR count). The number of hydrogen-bond acceptors (Lipinski definition) is 5. The van der Waals surface area contributed by atoms with Crippen LogP contribution in [-0.4, -0.2) is 31.4 Å². The van der Waals surface area contributed by atoms with Crippen LogP contribution < -0.4 is 9.47 Å². The molecule has 30 heavy (non-hydrogen) atoms. The van der Waals surface area contributed by atoms with Gasteiger partial charge in [-0.3, -0.25) is 0 Å². The van der Waals surface area contributed by atoms with E-state index in [4.69, 9.17) is 19.3 Å². The molecule has 0 spiro atoms. The highest BCUT2D eigenvalue weighted by Crippen LogP contribution is 2.32. The molecule has 2 aromatic carbocycles. The van der Waals surface area contributed by atoms with Gasteiger partial charge in [0.25, 0.3) is 0 Å². The predicted molar refractivity (Wildman–Crippen MR) is 105 cm³/mol. The van der Waals surface area contributed by atoms with Crippen molar-refractivity contribution < 1.29 is 37.3 Å². The Balaban J connectivity index is 1.82. The van der Waals surface area contributed by atoms with Gasteiger partial charge in [-0.05, 0) is 47.3 Å². The Hall–Kier alpha value is -3.04. The first-order chi connectivity index (χ1) is 14.4. The summed E-state index contributed by atoms with van der Waals surface area (Å²) in [4.78, 5) is 11.1. The molecule has 0 amide bonds. The molecule has 1 N–H and O–H groups in total. The third kappa shape index (κ3) is 4.92. The lowest BCUT2D eigenvalue weighted by Gasteiger charge is -2.14. The molecule has 1 heterocycles. The summed E-state index contributed by atoms with van der Waals surface area (Å²) in [5.41, 5.74) is 0.383. The minimum atomic E-state index is -1.11. The second-order valence-electron chi connectivity index (χ2n) is 6.11. The Morgan fingerprint density at radius 3 is 2.50 bits per heavy atom. The molecule has 0 aliphatic carbocycles. The van der Waals surface area contributed by atoms with Crippen LogP contribution in [-0.2, 0) is 11.3 Å². The van der Waals surface area contributed by atoms with Crippen LogP contribution >= 0.6 is 11.3 Å². The number of methoxy groups -OCH3 is 1. The molecule has 9 heteroatoms. The maximum atomic E-state index is 14.3. The molecule has 0 saturated heterocycles. The van der Waals surface area contributed by atoms with E-state index >= 15 is 0 Å². The molecule has 158 valence electrons. The van der Waals surface area contributed by atoms with Crippen LogP contribution in [0, 0.1) is 17.5 Å². The average Bonchev–Trinajstić information content (AvgIpc) is 3.22. The summed E-state index contributed by atoms with van der Waals surface area (Å²) in [6.07, 6.45) is 0. The summed E-state index contributed by atoms with van der Waals surface area (Å²) >= 11 is 0.967. The largest absolute Gasteiger partial charge is 0.491 e. The van der Waals surface area contributed by atoms with Crippen molar-refractivity contribution >= 4 is 17.3 Å². The SMILES string of the molecule is COCCOc1ccc(F)c(F)c1COc1ccc(F)c(-c2csc(C(=O)O)c2)c1. The summed E-state index contributed by atoms with van der Waals surface area (Å²) in [6, 6.07) is 7.46. The molecular formula is C21H17F3O5S. The Labute approximate surface area is 174 Å². The van der Waals surface area contributed by atoms with E-state index in [0.29, 0.717) is 5.56 Å². The predicted octanol–water partition coefficient (Wildman–Crippen LogP) is 5.13. The second-order valence-corrected chi connectivity index (χ2v) is 7.03. The summed E-state index contributed by atoms with van der Waals surface area (Å²) in [7, 11) is 1.48. The van der Waals surface area contributed by atoms with E-state index in [2.05, 4.69) is 0 Å². The van der Waals surface area contributed by atoms with Gasteiger partial charge in [0.15, 0.2) is 11.6 Å². The summed E-state index contributed by atoms with van der Waals surface area (Å²) in [5, 5.41) is 10.6. The highest BCUT2D eigenvalue weighted by molar-refractivity contribution is 7.12. The van der Waals surface area contributed by atoms with Crippen molar-refractivity contribution in [2.75, 3.05) is 20.3 Å². The number of aromatic carboxylic acids is 1. The Morgan fingerprint density at radius 2 is 1.80 bits per heavy atom. The number of rotatable bonds is 9. The van der Waals surface area contributed by atoms with Crippen LogP contribution in [0.3, 0.4) is 0 Å².